The summed E-state index contributed by atoms with van der Waals surface area (Å²) in [7, 11) is 1.54. The molecule has 1 amide bonds. The first-order chi connectivity index (χ1) is 16.9. The molecule has 0 saturated carbocycles. The van der Waals surface area contributed by atoms with Crippen LogP contribution in [0.5, 0.6) is 5.88 Å². The summed E-state index contributed by atoms with van der Waals surface area (Å²) in [6.07, 6.45) is 0.369. The van der Waals surface area contributed by atoms with Gasteiger partial charge in [0.25, 0.3) is 5.91 Å². The van der Waals surface area contributed by atoms with E-state index < -0.39 is 12.1 Å². The summed E-state index contributed by atoms with van der Waals surface area (Å²) < 4.78 is 10.5. The van der Waals surface area contributed by atoms with Gasteiger partial charge in [-0.25, -0.2) is 4.98 Å². The number of amides is 1. The van der Waals surface area contributed by atoms with Gasteiger partial charge in [-0.15, -0.1) is 0 Å². The number of benzene rings is 2. The highest BCUT2D eigenvalue weighted by atomic mass is 35.5. The minimum Gasteiger partial charge on any atom is -0.475 e. The lowest BCUT2D eigenvalue weighted by Crippen LogP contribution is -2.40. The Hall–Kier alpha value is -2.97. The Kier molecular flexibility index (Phi) is 8.03. The molecule has 1 aliphatic rings. The minimum atomic E-state index is -1.19. The summed E-state index contributed by atoms with van der Waals surface area (Å²) in [5.74, 6) is -0.738. The molecule has 0 bridgehead atoms. The third-order valence-electron chi connectivity index (χ3n) is 5.25. The summed E-state index contributed by atoms with van der Waals surface area (Å²) >= 11 is 19.1. The third kappa shape index (κ3) is 5.65. The molecule has 35 heavy (non-hydrogen) atoms. The second kappa shape index (κ2) is 11.2. The Balaban J connectivity index is 1.73. The molecule has 0 spiro atoms. The number of aromatic nitrogens is 1. The number of ether oxygens (including phenoxy) is 2. The molecule has 3 aromatic rings. The van der Waals surface area contributed by atoms with Gasteiger partial charge >= 0.3 is 0 Å². The highest BCUT2D eigenvalue weighted by molar-refractivity contribution is 6.43. The van der Waals surface area contributed by atoms with E-state index in [2.05, 4.69) is 15.3 Å². The summed E-state index contributed by atoms with van der Waals surface area (Å²) in [4.78, 5) is 35.1. The normalized spacial score (nSPS) is 15.1. The number of hydrogen-bond donors (Lipinski definition) is 1. The largest absolute Gasteiger partial charge is 0.475 e. The Morgan fingerprint density at radius 2 is 1.83 bits per heavy atom. The van der Waals surface area contributed by atoms with Gasteiger partial charge in [-0.3, -0.25) is 14.6 Å². The number of fused-ring (bicyclic) bond motifs is 1. The van der Waals surface area contributed by atoms with Crippen molar-refractivity contribution >= 4 is 52.2 Å². The lowest BCUT2D eigenvalue weighted by Gasteiger charge is -2.16. The molecule has 1 atom stereocenters. The lowest BCUT2D eigenvalue weighted by molar-refractivity contribution is -0.120. The number of pyridine rings is 1. The van der Waals surface area contributed by atoms with E-state index in [1.165, 1.54) is 6.20 Å². The van der Waals surface area contributed by atoms with Crippen LogP contribution in [-0.4, -0.2) is 48.9 Å². The number of hydrogen-bond acceptors (Lipinski definition) is 6. The van der Waals surface area contributed by atoms with E-state index >= 15 is 0 Å². The molecule has 0 saturated heterocycles. The maximum absolute atomic E-state index is 13.2. The third-order valence-corrected chi connectivity index (χ3v) is 6.07. The SMILES string of the molecule is COCCOc1ncccc1C(=O)NC1N=C(c2c(Cl)cc(Cl)cc2Cl)c2ccccc2CC1=O. The van der Waals surface area contributed by atoms with Gasteiger partial charge in [0.1, 0.15) is 12.2 Å². The zero-order chi connectivity index (χ0) is 24.9. The van der Waals surface area contributed by atoms with Gasteiger partial charge in [0.15, 0.2) is 11.9 Å². The van der Waals surface area contributed by atoms with E-state index in [0.717, 1.165) is 5.56 Å². The average molecular weight is 533 g/mol. The second-order valence-electron chi connectivity index (χ2n) is 7.60. The maximum Gasteiger partial charge on any atom is 0.258 e. The quantitative estimate of drug-likeness (QED) is 0.442. The molecule has 2 aromatic carbocycles. The Morgan fingerprint density at radius 3 is 2.57 bits per heavy atom. The van der Waals surface area contributed by atoms with E-state index in [0.29, 0.717) is 28.5 Å². The molecule has 0 aliphatic carbocycles. The van der Waals surface area contributed by atoms with Gasteiger partial charge in [-0.05, 0) is 29.8 Å². The molecule has 0 fully saturated rings. The van der Waals surface area contributed by atoms with E-state index in [4.69, 9.17) is 44.3 Å². The van der Waals surface area contributed by atoms with E-state index in [1.807, 2.05) is 24.3 Å². The van der Waals surface area contributed by atoms with Crippen LogP contribution in [0.2, 0.25) is 15.1 Å². The first-order valence-electron chi connectivity index (χ1n) is 10.6. The number of aliphatic imine (C=N–C) groups is 1. The molecule has 180 valence electrons. The van der Waals surface area contributed by atoms with Crippen LogP contribution in [0.15, 0.2) is 59.7 Å². The van der Waals surface area contributed by atoms with Crippen LogP contribution < -0.4 is 10.1 Å². The van der Waals surface area contributed by atoms with Crippen molar-refractivity contribution in [3.63, 3.8) is 0 Å². The Morgan fingerprint density at radius 1 is 1.09 bits per heavy atom. The topological polar surface area (TPSA) is 89.9 Å². The van der Waals surface area contributed by atoms with E-state index in [9.17, 15) is 9.59 Å². The number of Topliss-reactive ketones (excluding diaryl/α,β-unsaturated/α-hetero) is 1. The molecule has 2 heterocycles. The van der Waals surface area contributed by atoms with Gasteiger partial charge in [0.05, 0.1) is 22.4 Å². The van der Waals surface area contributed by atoms with Crippen LogP contribution in [0.1, 0.15) is 27.0 Å². The molecule has 1 aliphatic heterocycles. The zero-order valence-electron chi connectivity index (χ0n) is 18.6. The molecular formula is C25H20Cl3N3O4. The summed E-state index contributed by atoms with van der Waals surface area (Å²) in [5, 5.41) is 3.62. The van der Waals surface area contributed by atoms with E-state index in [1.54, 1.807) is 31.4 Å². The fourth-order valence-corrected chi connectivity index (χ4v) is 4.64. The van der Waals surface area contributed by atoms with Gasteiger partial charge in [0, 0.05) is 35.9 Å². The number of carbonyl (C=O) groups excluding carboxylic acids is 2. The molecule has 0 radical (unpaired) electrons. The van der Waals surface area contributed by atoms with Gasteiger partial charge < -0.3 is 14.8 Å². The summed E-state index contributed by atoms with van der Waals surface area (Å²) in [6, 6.07) is 13.6. The standard InChI is InChI=1S/C25H20Cl3N3O4/c1-34-9-10-35-25-17(7-4-8-29-25)24(33)31-23-20(32)11-14-5-2-3-6-16(14)22(30-23)21-18(27)12-15(26)13-19(21)28/h2-8,12-13,23H,9-11H2,1H3,(H,31,33). The van der Waals surface area contributed by atoms with Crippen molar-refractivity contribution in [2.45, 2.75) is 12.6 Å². The van der Waals surface area contributed by atoms with Gasteiger partial charge in [-0.2, -0.15) is 0 Å². The van der Waals surface area contributed by atoms with Gasteiger partial charge in [0.2, 0.25) is 5.88 Å². The summed E-state index contributed by atoms with van der Waals surface area (Å²) in [6.45, 7) is 0.536. The first-order valence-corrected chi connectivity index (χ1v) is 11.7. The molecule has 10 heteroatoms. The van der Waals surface area contributed by atoms with Crippen LogP contribution in [-0.2, 0) is 16.0 Å². The van der Waals surface area contributed by atoms with Crippen LogP contribution in [0.4, 0.5) is 0 Å². The number of rotatable bonds is 7. The number of halogens is 3. The Bertz CT molecular complexity index is 1290. The Labute approximate surface area is 217 Å². The maximum atomic E-state index is 13.2. The second-order valence-corrected chi connectivity index (χ2v) is 8.85. The number of methoxy groups -OCH3 is 1. The predicted molar refractivity (Wildman–Crippen MR) is 135 cm³/mol. The monoisotopic (exact) mass is 531 g/mol. The van der Waals surface area contributed by atoms with E-state index in [-0.39, 0.29) is 40.3 Å². The van der Waals surface area contributed by atoms with Crippen LogP contribution in [0.3, 0.4) is 0 Å². The number of nitrogens with zero attached hydrogens (tertiary/aromatic N) is 2. The number of ketones is 1. The smallest absolute Gasteiger partial charge is 0.258 e. The number of nitrogens with one attached hydrogen (secondary N) is 1. The average Bonchev–Trinajstić information content (AvgIpc) is 2.95. The van der Waals surface area contributed by atoms with Crippen molar-refractivity contribution in [1.29, 1.82) is 0 Å². The first kappa shape index (κ1) is 25.1. The summed E-state index contributed by atoms with van der Waals surface area (Å²) in [5.41, 5.74) is 2.39. The molecule has 1 aromatic heterocycles. The highest BCUT2D eigenvalue weighted by Gasteiger charge is 2.30. The number of carbonyl (C=O) groups is 2. The molecule has 1 unspecified atom stereocenters. The zero-order valence-corrected chi connectivity index (χ0v) is 20.8. The fourth-order valence-electron chi connectivity index (χ4n) is 3.64. The molecule has 4 rings (SSSR count). The van der Waals surface area contributed by atoms with Gasteiger partial charge in [-0.1, -0.05) is 59.1 Å². The predicted octanol–water partition coefficient (Wildman–Crippen LogP) is 4.79. The van der Waals surface area contributed by atoms with Crippen molar-refractivity contribution in [3.05, 3.63) is 92.0 Å². The van der Waals surface area contributed by atoms with Crippen molar-refractivity contribution in [2.24, 2.45) is 4.99 Å². The fraction of sp³-hybridized carbons (Fsp3) is 0.200. The highest BCUT2D eigenvalue weighted by Crippen LogP contribution is 2.33. The molecule has 1 N–H and O–H groups in total. The van der Waals surface area contributed by atoms with Crippen molar-refractivity contribution in [1.82, 2.24) is 10.3 Å². The lowest BCUT2D eigenvalue weighted by atomic mass is 9.96. The van der Waals surface area contributed by atoms with Crippen molar-refractivity contribution < 1.29 is 19.1 Å². The molecular weight excluding hydrogens is 513 g/mol. The van der Waals surface area contributed by atoms with Crippen LogP contribution in [0.25, 0.3) is 0 Å². The minimum absolute atomic E-state index is 0.0567. The van der Waals surface area contributed by atoms with Crippen LogP contribution >= 0.6 is 34.8 Å². The molecule has 7 nitrogen and oxygen atoms in total. The van der Waals surface area contributed by atoms with Crippen molar-refractivity contribution in [3.8, 4) is 5.88 Å². The van der Waals surface area contributed by atoms with Crippen molar-refractivity contribution in [2.75, 3.05) is 20.3 Å². The van der Waals surface area contributed by atoms with Crippen LogP contribution in [0, 0.1) is 0 Å².